The summed E-state index contributed by atoms with van der Waals surface area (Å²) in [6, 6.07) is 0. The van der Waals surface area contributed by atoms with Crippen LogP contribution in [-0.2, 0) is 57.1 Å². The average molecular weight is 551 g/mol. The van der Waals surface area contributed by atoms with Gasteiger partial charge in [0.15, 0.2) is 30.9 Å². The monoisotopic (exact) mass is 550 g/mol. The fraction of sp³-hybridized carbons (Fsp3) is 0.739. The van der Waals surface area contributed by atoms with E-state index in [1.54, 1.807) is 0 Å². The van der Waals surface area contributed by atoms with E-state index in [2.05, 4.69) is 6.58 Å². The van der Waals surface area contributed by atoms with Gasteiger partial charge in [0.2, 0.25) is 0 Å². The minimum absolute atomic E-state index is 0.0299. The van der Waals surface area contributed by atoms with E-state index in [0.29, 0.717) is 0 Å². The summed E-state index contributed by atoms with van der Waals surface area (Å²) >= 11 is 0. The lowest BCUT2D eigenvalue weighted by molar-refractivity contribution is -0.332. The number of ether oxygens (including phenoxy) is 8. The lowest BCUT2D eigenvalue weighted by Crippen LogP contribution is -2.64. The summed E-state index contributed by atoms with van der Waals surface area (Å²) < 4.78 is 43.2. The van der Waals surface area contributed by atoms with Gasteiger partial charge in [-0.05, 0) is 0 Å². The molecule has 0 aliphatic carbocycles. The number of hydrogen-bond donors (Lipinski definition) is 3. The normalized spacial score (nSPS) is 35.0. The van der Waals surface area contributed by atoms with Crippen molar-refractivity contribution in [3.8, 4) is 0 Å². The van der Waals surface area contributed by atoms with Crippen molar-refractivity contribution in [3.63, 3.8) is 0 Å². The highest BCUT2D eigenvalue weighted by molar-refractivity contribution is 5.68. The van der Waals surface area contributed by atoms with Crippen molar-refractivity contribution in [2.24, 2.45) is 0 Å². The molecule has 216 valence electrons. The highest BCUT2D eigenvalue weighted by Gasteiger charge is 2.53. The molecule has 0 radical (unpaired) electrons. The average Bonchev–Trinajstić information content (AvgIpc) is 2.82. The second-order valence-corrected chi connectivity index (χ2v) is 8.54. The van der Waals surface area contributed by atoms with Crippen LogP contribution in [0.4, 0.5) is 0 Å². The first kappa shape index (κ1) is 31.6. The number of carbonyl (C=O) groups excluding carboxylic acids is 4. The molecule has 15 heteroatoms. The van der Waals surface area contributed by atoms with Gasteiger partial charge in [-0.25, -0.2) is 0 Å². The summed E-state index contributed by atoms with van der Waals surface area (Å²) in [5.41, 5.74) is 0. The Balaban J connectivity index is 2.32. The Morgan fingerprint density at radius 2 is 1.24 bits per heavy atom. The molecule has 0 unspecified atom stereocenters. The Kier molecular flexibility index (Phi) is 12.0. The number of carbonyl (C=O) groups is 4. The van der Waals surface area contributed by atoms with Crippen molar-refractivity contribution >= 4 is 23.9 Å². The molecule has 2 aliphatic rings. The standard InChI is InChI=1S/C23H34O15/c1-6-7-31-22-18(30)17(29)16(28)14(37-22)8-33-23-21(36-13(5)27)20(35-12(4)26)19(34-11(3)25)15(38-23)9-32-10(2)24/h6,14-23,28-30H,1,7-9H2,2-5H3/t14-,15-,16-,17+,18+,19-,20+,21+,22+,23+/m1/s1. The molecular weight excluding hydrogens is 516 g/mol. The number of rotatable bonds is 11. The Labute approximate surface area is 218 Å². The summed E-state index contributed by atoms with van der Waals surface area (Å²) in [5, 5.41) is 30.7. The summed E-state index contributed by atoms with van der Waals surface area (Å²) in [5.74, 6) is -3.12. The molecule has 3 N–H and O–H groups in total. The van der Waals surface area contributed by atoms with Crippen LogP contribution in [0.3, 0.4) is 0 Å². The number of aliphatic hydroxyl groups excluding tert-OH is 3. The molecule has 2 heterocycles. The maximum Gasteiger partial charge on any atom is 0.303 e. The molecular formula is C23H34O15. The number of hydrogen-bond acceptors (Lipinski definition) is 15. The van der Waals surface area contributed by atoms with Crippen LogP contribution in [0, 0.1) is 0 Å². The zero-order chi connectivity index (χ0) is 28.6. The molecule has 10 atom stereocenters. The molecule has 2 aliphatic heterocycles. The first-order valence-corrected chi connectivity index (χ1v) is 11.7. The molecule has 0 aromatic rings. The number of aliphatic hydroxyl groups is 3. The molecule has 0 bridgehead atoms. The molecule has 0 amide bonds. The third-order valence-electron chi connectivity index (χ3n) is 5.42. The Morgan fingerprint density at radius 1 is 0.684 bits per heavy atom. The molecule has 0 aromatic heterocycles. The van der Waals surface area contributed by atoms with Crippen LogP contribution < -0.4 is 0 Å². The lowest BCUT2D eigenvalue weighted by Gasteiger charge is -2.45. The minimum Gasteiger partial charge on any atom is -0.463 e. The molecule has 2 rings (SSSR count). The molecule has 15 nitrogen and oxygen atoms in total. The van der Waals surface area contributed by atoms with E-state index in [0.717, 1.165) is 27.7 Å². The van der Waals surface area contributed by atoms with Crippen LogP contribution in [0.15, 0.2) is 12.7 Å². The molecule has 0 saturated carbocycles. The summed E-state index contributed by atoms with van der Waals surface area (Å²) in [7, 11) is 0. The van der Waals surface area contributed by atoms with Crippen LogP contribution in [0.5, 0.6) is 0 Å². The maximum atomic E-state index is 11.9. The highest BCUT2D eigenvalue weighted by atomic mass is 16.7. The largest absolute Gasteiger partial charge is 0.463 e. The quantitative estimate of drug-likeness (QED) is 0.146. The molecule has 2 saturated heterocycles. The van der Waals surface area contributed by atoms with Crippen LogP contribution in [0.2, 0.25) is 0 Å². The molecule has 0 spiro atoms. The lowest BCUT2D eigenvalue weighted by atomic mass is 9.97. The van der Waals surface area contributed by atoms with Gasteiger partial charge in [0.1, 0.15) is 37.1 Å². The minimum atomic E-state index is -1.66. The van der Waals surface area contributed by atoms with E-state index in [1.165, 1.54) is 6.08 Å². The van der Waals surface area contributed by atoms with Gasteiger partial charge in [-0.3, -0.25) is 19.2 Å². The maximum absolute atomic E-state index is 11.9. The van der Waals surface area contributed by atoms with E-state index < -0.39 is 98.5 Å². The Morgan fingerprint density at radius 3 is 1.79 bits per heavy atom. The fourth-order valence-corrected chi connectivity index (χ4v) is 3.87. The Bertz CT molecular complexity index is 847. The van der Waals surface area contributed by atoms with Gasteiger partial charge < -0.3 is 53.2 Å². The Hall–Kier alpha value is -2.66. The van der Waals surface area contributed by atoms with E-state index in [1.807, 2.05) is 0 Å². The van der Waals surface area contributed by atoms with Crippen molar-refractivity contribution in [2.45, 2.75) is 89.1 Å². The summed E-state index contributed by atoms with van der Waals surface area (Å²) in [4.78, 5) is 47.0. The van der Waals surface area contributed by atoms with Crippen LogP contribution >= 0.6 is 0 Å². The van der Waals surface area contributed by atoms with Crippen LogP contribution in [-0.4, -0.2) is 120 Å². The van der Waals surface area contributed by atoms with Gasteiger partial charge in [0.25, 0.3) is 0 Å². The van der Waals surface area contributed by atoms with Crippen LogP contribution in [0.1, 0.15) is 27.7 Å². The van der Waals surface area contributed by atoms with E-state index in [-0.39, 0.29) is 6.61 Å². The highest BCUT2D eigenvalue weighted by Crippen LogP contribution is 2.31. The first-order chi connectivity index (χ1) is 17.8. The predicted molar refractivity (Wildman–Crippen MR) is 121 cm³/mol. The van der Waals surface area contributed by atoms with Crippen molar-refractivity contribution in [1.82, 2.24) is 0 Å². The molecule has 2 fully saturated rings. The van der Waals surface area contributed by atoms with E-state index in [9.17, 15) is 34.5 Å². The summed E-state index contributed by atoms with van der Waals surface area (Å²) in [6.45, 7) is 6.85. The van der Waals surface area contributed by atoms with Crippen molar-refractivity contribution in [1.29, 1.82) is 0 Å². The van der Waals surface area contributed by atoms with Crippen LogP contribution in [0.25, 0.3) is 0 Å². The van der Waals surface area contributed by atoms with E-state index >= 15 is 0 Å². The van der Waals surface area contributed by atoms with Crippen molar-refractivity contribution in [3.05, 3.63) is 12.7 Å². The van der Waals surface area contributed by atoms with Gasteiger partial charge in [-0.1, -0.05) is 6.08 Å². The van der Waals surface area contributed by atoms with Gasteiger partial charge in [-0.15, -0.1) is 6.58 Å². The van der Waals surface area contributed by atoms with Crippen molar-refractivity contribution in [2.75, 3.05) is 19.8 Å². The number of esters is 4. The third kappa shape index (κ3) is 8.69. The summed E-state index contributed by atoms with van der Waals surface area (Å²) in [6.07, 6.45) is -13.2. The van der Waals surface area contributed by atoms with E-state index in [4.69, 9.17) is 37.9 Å². The topological polar surface area (TPSA) is 203 Å². The predicted octanol–water partition coefficient (Wildman–Crippen LogP) is -1.90. The zero-order valence-corrected chi connectivity index (χ0v) is 21.4. The molecule has 38 heavy (non-hydrogen) atoms. The molecule has 0 aromatic carbocycles. The first-order valence-electron chi connectivity index (χ1n) is 11.7. The van der Waals surface area contributed by atoms with Gasteiger partial charge in [-0.2, -0.15) is 0 Å². The smallest absolute Gasteiger partial charge is 0.303 e. The third-order valence-corrected chi connectivity index (χ3v) is 5.42. The second kappa shape index (κ2) is 14.5. The fourth-order valence-electron chi connectivity index (χ4n) is 3.87. The van der Waals surface area contributed by atoms with Gasteiger partial charge in [0.05, 0.1) is 13.2 Å². The van der Waals surface area contributed by atoms with Gasteiger partial charge >= 0.3 is 23.9 Å². The van der Waals surface area contributed by atoms with Gasteiger partial charge in [0, 0.05) is 27.7 Å². The van der Waals surface area contributed by atoms with Crippen molar-refractivity contribution < 1.29 is 72.4 Å². The zero-order valence-electron chi connectivity index (χ0n) is 21.4. The SMILES string of the molecule is C=CCO[C@H]1O[C@H](CO[C@H]2O[C@H](COC(C)=O)[C@@H](OC(C)=O)[C@H](OC(C)=O)[C@@H]2OC(C)=O)[C@@H](O)[C@H](O)[C@@H]1O. The second-order valence-electron chi connectivity index (χ2n) is 8.54.